The van der Waals surface area contributed by atoms with Crippen molar-refractivity contribution < 1.29 is 14.3 Å². The number of amides is 1. The van der Waals surface area contributed by atoms with Gasteiger partial charge in [-0.1, -0.05) is 19.1 Å². The van der Waals surface area contributed by atoms with Crippen LogP contribution in [0.4, 0.5) is 5.69 Å². The molecule has 2 aromatic rings. The van der Waals surface area contributed by atoms with Gasteiger partial charge in [0.2, 0.25) is 0 Å². The molecule has 2 aromatic carbocycles. The Hall–Kier alpha value is -2.69. The highest BCUT2D eigenvalue weighted by Crippen LogP contribution is 2.41. The average Bonchev–Trinajstić information content (AvgIpc) is 3.01. The van der Waals surface area contributed by atoms with Gasteiger partial charge in [0.05, 0.1) is 12.7 Å². The fourth-order valence-electron chi connectivity index (χ4n) is 3.86. The van der Waals surface area contributed by atoms with Gasteiger partial charge in [0, 0.05) is 29.8 Å². The molecule has 0 aromatic heterocycles. The van der Waals surface area contributed by atoms with Gasteiger partial charge in [-0.25, -0.2) is 0 Å². The third-order valence-electron chi connectivity index (χ3n) is 5.03. The second kappa shape index (κ2) is 6.56. The Balaban J connectivity index is 1.81. The lowest BCUT2D eigenvalue weighted by atomic mass is 10.00. The van der Waals surface area contributed by atoms with Crippen molar-refractivity contribution in [3.63, 3.8) is 0 Å². The van der Waals surface area contributed by atoms with Crippen molar-refractivity contribution in [2.45, 2.75) is 39.0 Å². The van der Waals surface area contributed by atoms with E-state index in [1.54, 1.807) is 7.11 Å². The van der Waals surface area contributed by atoms with Crippen molar-refractivity contribution in [2.24, 2.45) is 0 Å². The van der Waals surface area contributed by atoms with Crippen molar-refractivity contribution >= 4 is 11.6 Å². The second-order valence-electron chi connectivity index (χ2n) is 6.93. The Bertz CT molecular complexity index is 849. The van der Waals surface area contributed by atoms with Gasteiger partial charge in [-0.05, 0) is 37.6 Å². The number of carbonyl (C=O) groups excluding carboxylic acids is 1. The van der Waals surface area contributed by atoms with Crippen LogP contribution in [0.3, 0.4) is 0 Å². The Morgan fingerprint density at radius 1 is 1.31 bits per heavy atom. The van der Waals surface area contributed by atoms with Gasteiger partial charge >= 0.3 is 0 Å². The first-order chi connectivity index (χ1) is 12.6. The monoisotopic (exact) mass is 352 g/mol. The lowest BCUT2D eigenvalue weighted by Crippen LogP contribution is -2.43. The first-order valence-electron chi connectivity index (χ1n) is 9.16. The van der Waals surface area contributed by atoms with E-state index in [0.717, 1.165) is 41.2 Å². The van der Waals surface area contributed by atoms with Crippen molar-refractivity contribution in [1.82, 2.24) is 4.90 Å². The number of fused-ring (bicyclic) bond motifs is 2. The van der Waals surface area contributed by atoms with Crippen LogP contribution in [0.5, 0.6) is 11.5 Å². The Kier molecular flexibility index (Phi) is 4.23. The molecule has 0 saturated carbocycles. The van der Waals surface area contributed by atoms with Crippen LogP contribution < -0.4 is 14.8 Å². The lowest BCUT2D eigenvalue weighted by Gasteiger charge is -2.38. The largest absolute Gasteiger partial charge is 0.496 e. The number of anilines is 1. The molecule has 0 saturated heterocycles. The SMILES string of the molecule is CCCN1C(=O)c2ccccc2N[C@@H]1c1cc2c(cc1OC)C[C@@H](C)O2. The minimum absolute atomic E-state index is 0.0445. The first-order valence-corrected chi connectivity index (χ1v) is 9.16. The number of carbonyl (C=O) groups is 1. The van der Waals surface area contributed by atoms with Crippen molar-refractivity contribution in [3.8, 4) is 11.5 Å². The van der Waals surface area contributed by atoms with Crippen LogP contribution in [-0.2, 0) is 6.42 Å². The topological polar surface area (TPSA) is 50.8 Å². The third-order valence-corrected chi connectivity index (χ3v) is 5.03. The molecule has 2 aliphatic heterocycles. The molecule has 2 aliphatic rings. The lowest BCUT2D eigenvalue weighted by molar-refractivity contribution is 0.0681. The predicted molar refractivity (Wildman–Crippen MR) is 101 cm³/mol. The van der Waals surface area contributed by atoms with Gasteiger partial charge in [-0.3, -0.25) is 4.79 Å². The van der Waals surface area contributed by atoms with Gasteiger partial charge in [-0.15, -0.1) is 0 Å². The molecule has 1 N–H and O–H groups in total. The molecular weight excluding hydrogens is 328 g/mol. The maximum absolute atomic E-state index is 13.1. The number of hydrogen-bond acceptors (Lipinski definition) is 4. The van der Waals surface area contributed by atoms with E-state index in [0.29, 0.717) is 12.1 Å². The van der Waals surface area contributed by atoms with Crippen LogP contribution in [0.25, 0.3) is 0 Å². The average molecular weight is 352 g/mol. The standard InChI is InChI=1S/C21H24N2O3/c1-4-9-23-20(22-17-8-6-5-7-15(17)21(23)24)16-12-18-14(10-13(2)26-18)11-19(16)25-3/h5-8,11-13,20,22H,4,9-10H2,1-3H3/t13-,20+/m1/s1. The molecule has 2 atom stereocenters. The number of nitrogens with zero attached hydrogens (tertiary/aromatic N) is 1. The van der Waals surface area contributed by atoms with E-state index in [9.17, 15) is 4.79 Å². The maximum atomic E-state index is 13.1. The van der Waals surface area contributed by atoms with Gasteiger partial charge in [0.15, 0.2) is 0 Å². The minimum Gasteiger partial charge on any atom is -0.496 e. The molecule has 1 amide bonds. The molecule has 0 bridgehead atoms. The second-order valence-corrected chi connectivity index (χ2v) is 6.93. The molecule has 5 nitrogen and oxygen atoms in total. The van der Waals surface area contributed by atoms with E-state index in [1.165, 1.54) is 0 Å². The van der Waals surface area contributed by atoms with Crippen molar-refractivity contribution in [2.75, 3.05) is 19.0 Å². The van der Waals surface area contributed by atoms with Gasteiger partial charge in [-0.2, -0.15) is 0 Å². The fraction of sp³-hybridized carbons (Fsp3) is 0.381. The van der Waals surface area contributed by atoms with E-state index in [4.69, 9.17) is 9.47 Å². The summed E-state index contributed by atoms with van der Waals surface area (Å²) in [4.78, 5) is 15.0. The number of hydrogen-bond donors (Lipinski definition) is 1. The van der Waals surface area contributed by atoms with E-state index < -0.39 is 0 Å². The molecule has 0 fully saturated rings. The molecule has 2 heterocycles. The maximum Gasteiger partial charge on any atom is 0.257 e. The van der Waals surface area contributed by atoms with E-state index in [-0.39, 0.29) is 18.2 Å². The van der Waals surface area contributed by atoms with Gasteiger partial charge in [0.1, 0.15) is 23.8 Å². The number of methoxy groups -OCH3 is 1. The van der Waals surface area contributed by atoms with Crippen molar-refractivity contribution in [1.29, 1.82) is 0 Å². The summed E-state index contributed by atoms with van der Waals surface area (Å²) in [5.74, 6) is 1.72. The molecule has 0 aliphatic carbocycles. The van der Waals surface area contributed by atoms with E-state index in [1.807, 2.05) is 41.3 Å². The summed E-state index contributed by atoms with van der Waals surface area (Å²) in [6.45, 7) is 4.81. The molecule has 4 rings (SSSR count). The number of ether oxygens (including phenoxy) is 2. The van der Waals surface area contributed by atoms with Crippen LogP contribution in [0, 0.1) is 0 Å². The summed E-state index contributed by atoms with van der Waals surface area (Å²) in [5.41, 5.74) is 3.65. The number of nitrogens with one attached hydrogen (secondary N) is 1. The number of rotatable bonds is 4. The molecular formula is C21H24N2O3. The van der Waals surface area contributed by atoms with Gasteiger partial charge < -0.3 is 19.7 Å². The first kappa shape index (κ1) is 16.8. The highest BCUT2D eigenvalue weighted by molar-refractivity contribution is 6.01. The summed E-state index contributed by atoms with van der Waals surface area (Å²) in [6.07, 6.45) is 1.65. The highest BCUT2D eigenvalue weighted by Gasteiger charge is 2.35. The zero-order valence-electron chi connectivity index (χ0n) is 15.4. The molecule has 0 spiro atoms. The summed E-state index contributed by atoms with van der Waals surface area (Å²) in [6, 6.07) is 11.7. The molecule has 5 heteroatoms. The number of benzene rings is 2. The highest BCUT2D eigenvalue weighted by atomic mass is 16.5. The van der Waals surface area contributed by atoms with Crippen LogP contribution in [0.1, 0.15) is 47.9 Å². The van der Waals surface area contributed by atoms with Crippen LogP contribution >= 0.6 is 0 Å². The summed E-state index contributed by atoms with van der Waals surface area (Å²) in [5, 5.41) is 3.53. The fourth-order valence-corrected chi connectivity index (χ4v) is 3.86. The summed E-state index contributed by atoms with van der Waals surface area (Å²) in [7, 11) is 1.67. The number of para-hydroxylation sites is 1. The van der Waals surface area contributed by atoms with Crippen molar-refractivity contribution in [3.05, 3.63) is 53.1 Å². The Morgan fingerprint density at radius 3 is 2.88 bits per heavy atom. The normalized spacial score (nSPS) is 20.9. The smallest absolute Gasteiger partial charge is 0.257 e. The summed E-state index contributed by atoms with van der Waals surface area (Å²) < 4.78 is 11.6. The molecule has 0 unspecified atom stereocenters. The van der Waals surface area contributed by atoms with Crippen LogP contribution in [0.15, 0.2) is 36.4 Å². The van der Waals surface area contributed by atoms with Crippen LogP contribution in [0.2, 0.25) is 0 Å². The Morgan fingerprint density at radius 2 is 2.12 bits per heavy atom. The molecule has 26 heavy (non-hydrogen) atoms. The third kappa shape index (κ3) is 2.68. The predicted octanol–water partition coefficient (Wildman–Crippen LogP) is 4.00. The Labute approximate surface area is 153 Å². The van der Waals surface area contributed by atoms with E-state index in [2.05, 4.69) is 19.2 Å². The zero-order valence-corrected chi connectivity index (χ0v) is 15.4. The minimum atomic E-state index is -0.280. The van der Waals surface area contributed by atoms with Gasteiger partial charge in [0.25, 0.3) is 5.91 Å². The summed E-state index contributed by atoms with van der Waals surface area (Å²) >= 11 is 0. The van der Waals surface area contributed by atoms with E-state index >= 15 is 0 Å². The quantitative estimate of drug-likeness (QED) is 0.904. The zero-order chi connectivity index (χ0) is 18.3. The molecule has 0 radical (unpaired) electrons. The molecule has 136 valence electrons. The van der Waals surface area contributed by atoms with Crippen LogP contribution in [-0.4, -0.2) is 30.6 Å².